The van der Waals surface area contributed by atoms with Crippen LogP contribution in [0.3, 0.4) is 0 Å². The summed E-state index contributed by atoms with van der Waals surface area (Å²) in [5, 5.41) is 0. The van der Waals surface area contributed by atoms with E-state index in [0.717, 1.165) is 5.56 Å². The van der Waals surface area contributed by atoms with Crippen LogP contribution in [0.5, 0.6) is 11.5 Å². The number of ether oxygens (including phenoxy) is 2. The molecule has 0 aliphatic rings. The highest BCUT2D eigenvalue weighted by Gasteiger charge is 2.17. The van der Waals surface area contributed by atoms with Gasteiger partial charge in [0.05, 0.1) is 13.7 Å². The predicted octanol–water partition coefficient (Wildman–Crippen LogP) is 3.92. The van der Waals surface area contributed by atoms with Gasteiger partial charge in [-0.25, -0.2) is 0 Å². The second-order valence-corrected chi connectivity index (χ2v) is 5.26. The van der Waals surface area contributed by atoms with Gasteiger partial charge in [0.15, 0.2) is 11.5 Å². The third-order valence-corrected chi connectivity index (χ3v) is 3.56. The van der Waals surface area contributed by atoms with Gasteiger partial charge in [-0.1, -0.05) is 36.4 Å². The monoisotopic (exact) mass is 325 g/mol. The Morgan fingerprint density at radius 3 is 2.54 bits per heavy atom. The summed E-state index contributed by atoms with van der Waals surface area (Å²) >= 11 is 0. The van der Waals surface area contributed by atoms with Crippen molar-refractivity contribution in [3.8, 4) is 11.5 Å². The number of rotatable bonds is 8. The first kappa shape index (κ1) is 17.6. The van der Waals surface area contributed by atoms with E-state index in [-0.39, 0.29) is 5.91 Å². The normalized spacial score (nSPS) is 10.1. The second-order valence-electron chi connectivity index (χ2n) is 5.26. The molecule has 0 atom stereocenters. The van der Waals surface area contributed by atoms with Crippen molar-refractivity contribution in [1.29, 1.82) is 0 Å². The molecule has 0 spiro atoms. The van der Waals surface area contributed by atoms with Gasteiger partial charge in [-0.15, -0.1) is 6.58 Å². The fraction of sp³-hybridized carbons (Fsp3) is 0.250. The molecule has 0 aromatic heterocycles. The molecular weight excluding hydrogens is 302 g/mol. The van der Waals surface area contributed by atoms with Crippen LogP contribution in [0.15, 0.2) is 61.2 Å². The maximum atomic E-state index is 12.9. The van der Waals surface area contributed by atoms with Crippen molar-refractivity contribution in [3.05, 3.63) is 72.3 Å². The lowest BCUT2D eigenvalue weighted by Gasteiger charge is -2.22. The van der Waals surface area contributed by atoms with Crippen molar-refractivity contribution < 1.29 is 14.3 Å². The van der Waals surface area contributed by atoms with E-state index in [1.54, 1.807) is 36.3 Å². The molecule has 4 heteroatoms. The summed E-state index contributed by atoms with van der Waals surface area (Å²) in [6.07, 6.45) is 1.73. The smallest absolute Gasteiger partial charge is 0.254 e. The molecule has 0 bridgehead atoms. The van der Waals surface area contributed by atoms with Crippen molar-refractivity contribution in [3.63, 3.8) is 0 Å². The zero-order chi connectivity index (χ0) is 17.4. The summed E-state index contributed by atoms with van der Waals surface area (Å²) in [4.78, 5) is 14.6. The van der Waals surface area contributed by atoms with Gasteiger partial charge in [0.1, 0.15) is 0 Å². The van der Waals surface area contributed by atoms with Crippen LogP contribution in [0.25, 0.3) is 0 Å². The molecule has 0 unspecified atom stereocenters. The molecule has 126 valence electrons. The Morgan fingerprint density at radius 2 is 1.92 bits per heavy atom. The zero-order valence-corrected chi connectivity index (χ0v) is 14.2. The van der Waals surface area contributed by atoms with E-state index in [1.165, 1.54) is 0 Å². The Hall–Kier alpha value is -2.75. The molecule has 0 N–H and O–H groups in total. The number of hydrogen-bond acceptors (Lipinski definition) is 3. The average Bonchev–Trinajstić information content (AvgIpc) is 2.62. The summed E-state index contributed by atoms with van der Waals surface area (Å²) in [5.74, 6) is 1.12. The van der Waals surface area contributed by atoms with E-state index in [9.17, 15) is 4.79 Å². The Labute approximate surface area is 143 Å². The van der Waals surface area contributed by atoms with Crippen LogP contribution in [-0.4, -0.2) is 31.1 Å². The Bertz CT molecular complexity index is 683. The fourth-order valence-electron chi connectivity index (χ4n) is 2.44. The quantitative estimate of drug-likeness (QED) is 0.691. The van der Waals surface area contributed by atoms with Crippen LogP contribution < -0.4 is 9.47 Å². The summed E-state index contributed by atoms with van der Waals surface area (Å²) in [7, 11) is 1.57. The van der Waals surface area contributed by atoms with Gasteiger partial charge in [-0.3, -0.25) is 4.79 Å². The number of methoxy groups -OCH3 is 1. The van der Waals surface area contributed by atoms with Crippen LogP contribution >= 0.6 is 0 Å². The maximum absolute atomic E-state index is 12.9. The molecule has 2 aromatic rings. The van der Waals surface area contributed by atoms with Crippen LogP contribution in [0.4, 0.5) is 0 Å². The van der Waals surface area contributed by atoms with Crippen molar-refractivity contribution in [2.75, 3.05) is 20.3 Å². The summed E-state index contributed by atoms with van der Waals surface area (Å²) in [6.45, 7) is 7.21. The van der Waals surface area contributed by atoms with Gasteiger partial charge in [-0.2, -0.15) is 0 Å². The minimum atomic E-state index is -0.0694. The first-order valence-electron chi connectivity index (χ1n) is 7.94. The minimum Gasteiger partial charge on any atom is -0.493 e. The number of hydrogen-bond donors (Lipinski definition) is 0. The topological polar surface area (TPSA) is 38.8 Å². The van der Waals surface area contributed by atoms with Crippen molar-refractivity contribution in [2.24, 2.45) is 0 Å². The Balaban J connectivity index is 2.24. The lowest BCUT2D eigenvalue weighted by Crippen LogP contribution is -2.30. The fourth-order valence-corrected chi connectivity index (χ4v) is 2.44. The molecule has 0 radical (unpaired) electrons. The van der Waals surface area contributed by atoms with Gasteiger partial charge in [0, 0.05) is 18.7 Å². The Morgan fingerprint density at radius 1 is 1.17 bits per heavy atom. The van der Waals surface area contributed by atoms with Crippen LogP contribution in [0.1, 0.15) is 22.8 Å². The highest BCUT2D eigenvalue weighted by atomic mass is 16.5. The largest absolute Gasteiger partial charge is 0.493 e. The molecule has 4 nitrogen and oxygen atoms in total. The van der Waals surface area contributed by atoms with Gasteiger partial charge >= 0.3 is 0 Å². The first-order valence-corrected chi connectivity index (χ1v) is 7.94. The predicted molar refractivity (Wildman–Crippen MR) is 95.5 cm³/mol. The highest BCUT2D eigenvalue weighted by Crippen LogP contribution is 2.28. The van der Waals surface area contributed by atoms with E-state index >= 15 is 0 Å². The van der Waals surface area contributed by atoms with E-state index < -0.39 is 0 Å². The zero-order valence-electron chi connectivity index (χ0n) is 14.2. The second kappa shape index (κ2) is 8.77. The third kappa shape index (κ3) is 4.38. The van der Waals surface area contributed by atoms with E-state index in [1.807, 2.05) is 37.3 Å². The standard InChI is InChI=1S/C20H23NO3/c1-4-13-21(15-16-9-7-6-8-10-16)20(22)17-11-12-18(24-5-2)19(14-17)23-3/h4,6-12,14H,1,5,13,15H2,2-3H3. The Kier molecular flexibility index (Phi) is 6.43. The van der Waals surface area contributed by atoms with Gasteiger partial charge in [0.2, 0.25) is 0 Å². The SMILES string of the molecule is C=CCN(Cc1ccccc1)C(=O)c1ccc(OCC)c(OC)c1. The van der Waals surface area contributed by atoms with Crippen molar-refractivity contribution in [1.82, 2.24) is 4.90 Å². The van der Waals surface area contributed by atoms with Gasteiger partial charge < -0.3 is 14.4 Å². The molecule has 0 aliphatic heterocycles. The number of carbonyl (C=O) groups excluding carboxylic acids is 1. The average molecular weight is 325 g/mol. The van der Waals surface area contributed by atoms with E-state index in [0.29, 0.717) is 36.8 Å². The third-order valence-electron chi connectivity index (χ3n) is 3.56. The molecule has 0 heterocycles. The highest BCUT2D eigenvalue weighted by molar-refractivity contribution is 5.95. The maximum Gasteiger partial charge on any atom is 0.254 e. The summed E-state index contributed by atoms with van der Waals surface area (Å²) in [6, 6.07) is 15.1. The molecule has 0 fully saturated rings. The molecule has 2 aromatic carbocycles. The van der Waals surface area contributed by atoms with Gasteiger partial charge in [-0.05, 0) is 30.7 Å². The summed E-state index contributed by atoms with van der Waals surface area (Å²) in [5.41, 5.74) is 1.64. The molecule has 1 amide bonds. The van der Waals surface area contributed by atoms with Crippen LogP contribution in [-0.2, 0) is 6.54 Å². The summed E-state index contributed by atoms with van der Waals surface area (Å²) < 4.78 is 10.8. The lowest BCUT2D eigenvalue weighted by atomic mass is 10.1. The van der Waals surface area contributed by atoms with Gasteiger partial charge in [0.25, 0.3) is 5.91 Å². The van der Waals surface area contributed by atoms with E-state index in [2.05, 4.69) is 6.58 Å². The molecule has 0 aliphatic carbocycles. The number of amides is 1. The number of nitrogens with zero attached hydrogens (tertiary/aromatic N) is 1. The first-order chi connectivity index (χ1) is 11.7. The number of carbonyl (C=O) groups is 1. The van der Waals surface area contributed by atoms with Crippen LogP contribution in [0.2, 0.25) is 0 Å². The molecular formula is C20H23NO3. The molecule has 0 saturated carbocycles. The molecule has 2 rings (SSSR count). The van der Waals surface area contributed by atoms with Crippen LogP contribution in [0, 0.1) is 0 Å². The van der Waals surface area contributed by atoms with Crippen molar-refractivity contribution >= 4 is 5.91 Å². The minimum absolute atomic E-state index is 0.0694. The molecule has 24 heavy (non-hydrogen) atoms. The van der Waals surface area contributed by atoms with Crippen molar-refractivity contribution in [2.45, 2.75) is 13.5 Å². The molecule has 0 saturated heterocycles. The number of benzene rings is 2. The van der Waals surface area contributed by atoms with E-state index in [4.69, 9.17) is 9.47 Å². The lowest BCUT2D eigenvalue weighted by molar-refractivity contribution is 0.0762.